The average molecular weight is 565 g/mol. The molecule has 3 heterocycles. The Hall–Kier alpha value is -3.07. The Morgan fingerprint density at radius 1 is 0.950 bits per heavy atom. The van der Waals surface area contributed by atoms with E-state index in [1.807, 2.05) is 45.0 Å². The van der Waals surface area contributed by atoms with Crippen LogP contribution in [0.25, 0.3) is 0 Å². The van der Waals surface area contributed by atoms with E-state index < -0.39 is 10.6 Å². The van der Waals surface area contributed by atoms with Crippen LogP contribution in [-0.2, 0) is 16.1 Å². The third-order valence-corrected chi connectivity index (χ3v) is 10.4. The molecule has 1 saturated carbocycles. The van der Waals surface area contributed by atoms with Gasteiger partial charge in [0.2, 0.25) is 11.8 Å². The molecule has 4 amide bonds. The van der Waals surface area contributed by atoms with Gasteiger partial charge in [0.15, 0.2) is 0 Å². The molecule has 2 aromatic rings. The van der Waals surface area contributed by atoms with Gasteiger partial charge < -0.3 is 20.0 Å². The van der Waals surface area contributed by atoms with E-state index in [0.29, 0.717) is 50.5 Å². The number of hydrogen-bond acceptors (Lipinski definition) is 4. The van der Waals surface area contributed by atoms with Gasteiger partial charge in [-0.15, -0.1) is 11.8 Å². The minimum absolute atomic E-state index is 0.0375. The van der Waals surface area contributed by atoms with Gasteiger partial charge >= 0.3 is 6.03 Å². The van der Waals surface area contributed by atoms with E-state index in [4.69, 9.17) is 0 Å². The number of fused-ring (bicyclic) bond motifs is 1. The minimum atomic E-state index is -0.511. The fourth-order valence-corrected chi connectivity index (χ4v) is 8.18. The molecule has 3 aliphatic heterocycles. The largest absolute Gasteiger partial charge is 0.342 e. The molecule has 0 aromatic heterocycles. The predicted octanol–water partition coefficient (Wildman–Crippen LogP) is 5.78. The van der Waals surface area contributed by atoms with Gasteiger partial charge in [0, 0.05) is 49.9 Å². The Morgan fingerprint density at radius 2 is 1.68 bits per heavy atom. The van der Waals surface area contributed by atoms with E-state index in [9.17, 15) is 18.8 Å². The lowest BCUT2D eigenvalue weighted by molar-refractivity contribution is -0.137. The average Bonchev–Trinajstić information content (AvgIpc) is 3.27. The number of amides is 4. The number of thioether (sulfide) groups is 1. The third kappa shape index (κ3) is 5.57. The van der Waals surface area contributed by atoms with Crippen molar-refractivity contribution in [2.45, 2.75) is 74.6 Å². The van der Waals surface area contributed by atoms with Crippen molar-refractivity contribution in [3.05, 3.63) is 65.5 Å². The molecule has 2 aromatic carbocycles. The first-order valence-electron chi connectivity index (χ1n) is 14.6. The number of carbonyl (C=O) groups is 3. The van der Waals surface area contributed by atoms with Gasteiger partial charge in [-0.1, -0.05) is 55.7 Å². The maximum Gasteiger partial charge on any atom is 0.322 e. The molecule has 1 N–H and O–H groups in total. The van der Waals surface area contributed by atoms with Crippen molar-refractivity contribution in [2.75, 3.05) is 25.0 Å². The summed E-state index contributed by atoms with van der Waals surface area (Å²) in [6, 6.07) is 14.5. The van der Waals surface area contributed by atoms with Crippen molar-refractivity contribution >= 4 is 35.3 Å². The number of urea groups is 1. The Labute approximate surface area is 239 Å². The van der Waals surface area contributed by atoms with Gasteiger partial charge in [-0.3, -0.25) is 9.59 Å². The number of hydrogen-bond donors (Lipinski definition) is 1. The van der Waals surface area contributed by atoms with Crippen molar-refractivity contribution in [2.24, 2.45) is 5.92 Å². The predicted molar refractivity (Wildman–Crippen MR) is 154 cm³/mol. The molecule has 0 radical (unpaired) electrons. The number of piperidine rings is 1. The topological polar surface area (TPSA) is 73.0 Å². The number of nitrogens with zero attached hydrogens (tertiary/aromatic N) is 3. The van der Waals surface area contributed by atoms with Gasteiger partial charge in [-0.05, 0) is 49.3 Å². The molecule has 2 atom stereocenters. The molecule has 7 nitrogen and oxygen atoms in total. The lowest BCUT2D eigenvalue weighted by atomic mass is 9.88. The van der Waals surface area contributed by atoms with E-state index in [-0.39, 0.29) is 36.1 Å². The lowest BCUT2D eigenvalue weighted by Crippen LogP contribution is -2.51. The Balaban J connectivity index is 1.08. The first-order valence-corrected chi connectivity index (χ1v) is 15.6. The maximum atomic E-state index is 14.8. The van der Waals surface area contributed by atoms with Crippen molar-refractivity contribution in [3.8, 4) is 0 Å². The van der Waals surface area contributed by atoms with Crippen molar-refractivity contribution < 1.29 is 18.8 Å². The van der Waals surface area contributed by atoms with E-state index in [1.54, 1.807) is 12.1 Å². The molecule has 0 bridgehead atoms. The van der Waals surface area contributed by atoms with Crippen LogP contribution in [0.2, 0.25) is 0 Å². The van der Waals surface area contributed by atoms with Gasteiger partial charge in [0.25, 0.3) is 0 Å². The number of halogens is 1. The van der Waals surface area contributed by atoms with Gasteiger partial charge in [0.05, 0.1) is 5.25 Å². The zero-order chi connectivity index (χ0) is 27.6. The number of anilines is 1. The Kier molecular flexibility index (Phi) is 8.01. The Bertz CT molecular complexity index is 1260. The van der Waals surface area contributed by atoms with Crippen molar-refractivity contribution in [3.63, 3.8) is 0 Å². The van der Waals surface area contributed by atoms with E-state index in [1.165, 1.54) is 37.1 Å². The van der Waals surface area contributed by atoms with E-state index in [0.717, 1.165) is 24.1 Å². The van der Waals surface area contributed by atoms with Crippen LogP contribution >= 0.6 is 11.8 Å². The van der Waals surface area contributed by atoms with Crippen LogP contribution in [0.15, 0.2) is 48.5 Å². The normalized spacial score (nSPS) is 24.3. The summed E-state index contributed by atoms with van der Waals surface area (Å²) < 4.78 is 14.8. The van der Waals surface area contributed by atoms with Crippen LogP contribution in [0.3, 0.4) is 0 Å². The molecular weight excluding hydrogens is 527 g/mol. The molecule has 0 spiro atoms. The van der Waals surface area contributed by atoms with Crippen LogP contribution in [0.5, 0.6) is 0 Å². The summed E-state index contributed by atoms with van der Waals surface area (Å²) in [6.45, 7) is 2.32. The summed E-state index contributed by atoms with van der Waals surface area (Å²) in [6.07, 6.45) is 7.31. The van der Waals surface area contributed by atoms with Crippen LogP contribution in [0.4, 0.5) is 14.9 Å². The number of carbonyl (C=O) groups excluding carboxylic acids is 3. The highest BCUT2D eigenvalue weighted by molar-refractivity contribution is 8.01. The highest BCUT2D eigenvalue weighted by Gasteiger charge is 2.44. The zero-order valence-electron chi connectivity index (χ0n) is 22.8. The number of likely N-dealkylation sites (tertiary alicyclic amines) is 1. The monoisotopic (exact) mass is 564 g/mol. The zero-order valence-corrected chi connectivity index (χ0v) is 23.6. The summed E-state index contributed by atoms with van der Waals surface area (Å²) in [5.41, 5.74) is 2.48. The van der Waals surface area contributed by atoms with Gasteiger partial charge in [-0.2, -0.15) is 0 Å². The highest BCUT2D eigenvalue weighted by atomic mass is 32.2. The minimum Gasteiger partial charge on any atom is -0.342 e. The number of nitrogens with one attached hydrogen (secondary N) is 1. The summed E-state index contributed by atoms with van der Waals surface area (Å²) in [5.74, 6) is 0.0418. The summed E-state index contributed by atoms with van der Waals surface area (Å²) in [4.78, 5) is 45.3. The second-order valence-corrected chi connectivity index (χ2v) is 12.8. The molecule has 40 heavy (non-hydrogen) atoms. The molecule has 3 fully saturated rings. The molecule has 212 valence electrons. The van der Waals surface area contributed by atoms with E-state index >= 15 is 0 Å². The number of benzene rings is 2. The first-order chi connectivity index (χ1) is 19.5. The SMILES string of the molecule is O=C(CC1SC(c2ccccc2F)N(CC2CCCCC2)C1=O)N1CCC(N2Cc3ccccc3NC2=O)CC1. The molecule has 6 rings (SSSR count). The number of rotatable bonds is 6. The second kappa shape index (κ2) is 11.8. The maximum absolute atomic E-state index is 14.8. The van der Waals surface area contributed by atoms with Crippen LogP contribution < -0.4 is 5.32 Å². The first kappa shape index (κ1) is 27.1. The second-order valence-electron chi connectivity index (χ2n) is 11.5. The standard InChI is InChI=1S/C31H37FN4O3S/c32-25-12-6-5-11-24(25)30-36(19-21-8-2-1-3-9-21)29(38)27(40-30)18-28(37)34-16-14-23(15-17-34)35-20-22-10-4-7-13-26(22)33-31(35)39/h4-7,10-13,21,23,27,30H,1-3,8-9,14-20H2,(H,33,39). The van der Waals surface area contributed by atoms with Crippen LogP contribution in [-0.4, -0.2) is 63.5 Å². The smallest absolute Gasteiger partial charge is 0.322 e. The molecule has 2 saturated heterocycles. The van der Waals surface area contributed by atoms with Crippen molar-refractivity contribution in [1.29, 1.82) is 0 Å². The third-order valence-electron chi connectivity index (χ3n) is 8.96. The van der Waals surface area contributed by atoms with Crippen LogP contribution in [0, 0.1) is 11.7 Å². The fourth-order valence-electron chi connectivity index (χ4n) is 6.71. The van der Waals surface area contributed by atoms with Gasteiger partial charge in [-0.25, -0.2) is 9.18 Å². The molecule has 9 heteroatoms. The highest BCUT2D eigenvalue weighted by Crippen LogP contribution is 2.46. The van der Waals surface area contributed by atoms with E-state index in [2.05, 4.69) is 5.32 Å². The number of para-hydroxylation sites is 1. The quantitative estimate of drug-likeness (QED) is 0.483. The summed E-state index contributed by atoms with van der Waals surface area (Å²) >= 11 is 1.42. The molecule has 1 aliphatic carbocycles. The molecule has 2 unspecified atom stereocenters. The molecule has 4 aliphatic rings. The fraction of sp³-hybridized carbons (Fsp3) is 0.516. The molecular formula is C31H37FN4O3S. The van der Waals surface area contributed by atoms with Crippen LogP contribution in [0.1, 0.15) is 67.9 Å². The summed E-state index contributed by atoms with van der Waals surface area (Å²) in [7, 11) is 0. The van der Waals surface area contributed by atoms with Crippen molar-refractivity contribution in [1.82, 2.24) is 14.7 Å². The summed E-state index contributed by atoms with van der Waals surface area (Å²) in [5, 5.41) is 2.07. The lowest BCUT2D eigenvalue weighted by Gasteiger charge is -2.40. The van der Waals surface area contributed by atoms with Gasteiger partial charge in [0.1, 0.15) is 11.2 Å². The Morgan fingerprint density at radius 3 is 2.45 bits per heavy atom.